The number of benzene rings is 2. The third kappa shape index (κ3) is 4.21. The van der Waals surface area contributed by atoms with E-state index in [-0.39, 0.29) is 5.97 Å². The summed E-state index contributed by atoms with van der Waals surface area (Å²) in [7, 11) is 0. The molecule has 0 unspecified atom stereocenters. The minimum atomic E-state index is -0.214. The van der Waals surface area contributed by atoms with Crippen LogP contribution in [-0.4, -0.2) is 5.97 Å². The van der Waals surface area contributed by atoms with Crippen LogP contribution in [0.15, 0.2) is 53.0 Å². The second kappa shape index (κ2) is 6.53. The van der Waals surface area contributed by atoms with Crippen LogP contribution in [0, 0.1) is 6.92 Å². The first-order chi connectivity index (χ1) is 9.15. The molecule has 3 heteroatoms. The summed E-state index contributed by atoms with van der Waals surface area (Å²) in [5.41, 5.74) is 2.26. The van der Waals surface area contributed by atoms with E-state index in [9.17, 15) is 4.79 Å². The Hall–Kier alpha value is -1.61. The van der Waals surface area contributed by atoms with Gasteiger partial charge in [-0.05, 0) is 52.5 Å². The molecule has 2 nitrogen and oxygen atoms in total. The van der Waals surface area contributed by atoms with Crippen LogP contribution in [0.5, 0.6) is 5.75 Å². The highest BCUT2D eigenvalue weighted by Crippen LogP contribution is 2.26. The zero-order valence-corrected chi connectivity index (χ0v) is 12.3. The standard InChI is InChI=1S/C16H15BrO2/c1-12-7-9-15(14(17)11-12)19-16(18)10-8-13-5-3-2-4-6-13/h2-7,9,11H,8,10H2,1H3. The Labute approximate surface area is 121 Å². The van der Waals surface area contributed by atoms with Gasteiger partial charge in [-0.1, -0.05) is 36.4 Å². The Kier molecular flexibility index (Phi) is 4.74. The SMILES string of the molecule is Cc1ccc(OC(=O)CCc2ccccc2)c(Br)c1. The van der Waals surface area contributed by atoms with Gasteiger partial charge in [-0.3, -0.25) is 4.79 Å². The summed E-state index contributed by atoms with van der Waals surface area (Å²) >= 11 is 3.39. The fourth-order valence-corrected chi connectivity index (χ4v) is 2.33. The van der Waals surface area contributed by atoms with Crippen LogP contribution < -0.4 is 4.74 Å². The van der Waals surface area contributed by atoms with Crippen LogP contribution in [0.4, 0.5) is 0 Å². The molecule has 2 aromatic carbocycles. The first kappa shape index (κ1) is 13.8. The lowest BCUT2D eigenvalue weighted by Gasteiger charge is -2.07. The van der Waals surface area contributed by atoms with Gasteiger partial charge in [0.25, 0.3) is 0 Å². The molecule has 0 fully saturated rings. The van der Waals surface area contributed by atoms with Crippen LogP contribution in [-0.2, 0) is 11.2 Å². The fourth-order valence-electron chi connectivity index (χ4n) is 1.75. The summed E-state index contributed by atoms with van der Waals surface area (Å²) in [5, 5.41) is 0. The van der Waals surface area contributed by atoms with E-state index in [1.165, 1.54) is 0 Å². The van der Waals surface area contributed by atoms with E-state index in [4.69, 9.17) is 4.74 Å². The number of aryl methyl sites for hydroxylation is 2. The predicted octanol–water partition coefficient (Wildman–Crippen LogP) is 4.30. The van der Waals surface area contributed by atoms with Crippen molar-refractivity contribution in [3.05, 3.63) is 64.1 Å². The number of hydrogen-bond donors (Lipinski definition) is 0. The van der Waals surface area contributed by atoms with Crippen molar-refractivity contribution in [2.45, 2.75) is 19.8 Å². The summed E-state index contributed by atoms with van der Waals surface area (Å²) in [5.74, 6) is 0.358. The number of carbonyl (C=O) groups excluding carboxylic acids is 1. The van der Waals surface area contributed by atoms with Crippen molar-refractivity contribution in [3.8, 4) is 5.75 Å². The molecule has 0 spiro atoms. The van der Waals surface area contributed by atoms with Crippen molar-refractivity contribution < 1.29 is 9.53 Å². The maximum absolute atomic E-state index is 11.8. The molecule has 0 radical (unpaired) electrons. The summed E-state index contributed by atoms with van der Waals surface area (Å²) < 4.78 is 6.14. The smallest absolute Gasteiger partial charge is 0.311 e. The minimum absolute atomic E-state index is 0.214. The average molecular weight is 319 g/mol. The maximum atomic E-state index is 11.8. The van der Waals surface area contributed by atoms with Crippen LogP contribution >= 0.6 is 15.9 Å². The van der Waals surface area contributed by atoms with E-state index in [0.29, 0.717) is 18.6 Å². The van der Waals surface area contributed by atoms with Gasteiger partial charge in [-0.2, -0.15) is 0 Å². The minimum Gasteiger partial charge on any atom is -0.425 e. The van der Waals surface area contributed by atoms with E-state index < -0.39 is 0 Å². The van der Waals surface area contributed by atoms with Gasteiger partial charge < -0.3 is 4.74 Å². The van der Waals surface area contributed by atoms with Gasteiger partial charge in [0.1, 0.15) is 5.75 Å². The molecule has 0 aliphatic heterocycles. The van der Waals surface area contributed by atoms with E-state index in [2.05, 4.69) is 15.9 Å². The second-order valence-corrected chi connectivity index (χ2v) is 5.25. The molecule has 2 rings (SSSR count). The van der Waals surface area contributed by atoms with Gasteiger partial charge in [0.2, 0.25) is 0 Å². The van der Waals surface area contributed by atoms with Gasteiger partial charge in [-0.25, -0.2) is 0 Å². The number of halogens is 1. The molecule has 0 N–H and O–H groups in total. The zero-order valence-electron chi connectivity index (χ0n) is 10.7. The van der Waals surface area contributed by atoms with Gasteiger partial charge in [-0.15, -0.1) is 0 Å². The zero-order chi connectivity index (χ0) is 13.7. The predicted molar refractivity (Wildman–Crippen MR) is 79.3 cm³/mol. The topological polar surface area (TPSA) is 26.3 Å². The van der Waals surface area contributed by atoms with Crippen molar-refractivity contribution >= 4 is 21.9 Å². The van der Waals surface area contributed by atoms with Crippen molar-refractivity contribution in [1.82, 2.24) is 0 Å². The molecule has 2 aromatic rings. The molecule has 0 aromatic heterocycles. The highest BCUT2D eigenvalue weighted by molar-refractivity contribution is 9.10. The molecule has 0 aliphatic rings. The molecule has 0 saturated carbocycles. The Morgan fingerprint density at radius 1 is 1.16 bits per heavy atom. The largest absolute Gasteiger partial charge is 0.425 e. The molecule has 0 heterocycles. The molecule has 0 bridgehead atoms. The average Bonchev–Trinajstić information content (AvgIpc) is 2.41. The molecule has 0 amide bonds. The molecule has 98 valence electrons. The summed E-state index contributed by atoms with van der Waals surface area (Å²) in [6.45, 7) is 1.99. The van der Waals surface area contributed by atoms with Crippen molar-refractivity contribution in [1.29, 1.82) is 0 Å². The number of rotatable bonds is 4. The second-order valence-electron chi connectivity index (χ2n) is 4.39. The number of carbonyl (C=O) groups is 1. The number of ether oxygens (including phenoxy) is 1. The highest BCUT2D eigenvalue weighted by Gasteiger charge is 2.08. The molecular formula is C16H15BrO2. The van der Waals surface area contributed by atoms with E-state index >= 15 is 0 Å². The third-order valence-electron chi connectivity index (χ3n) is 2.77. The maximum Gasteiger partial charge on any atom is 0.311 e. The highest BCUT2D eigenvalue weighted by atomic mass is 79.9. The lowest BCUT2D eigenvalue weighted by atomic mass is 10.1. The van der Waals surface area contributed by atoms with Gasteiger partial charge in [0.15, 0.2) is 0 Å². The molecular weight excluding hydrogens is 304 g/mol. The first-order valence-electron chi connectivity index (χ1n) is 6.16. The van der Waals surface area contributed by atoms with E-state index in [1.807, 2.05) is 49.4 Å². The Morgan fingerprint density at radius 2 is 1.89 bits per heavy atom. The monoisotopic (exact) mass is 318 g/mol. The van der Waals surface area contributed by atoms with Crippen molar-refractivity contribution in [2.75, 3.05) is 0 Å². The molecule has 0 atom stereocenters. The van der Waals surface area contributed by atoms with E-state index in [0.717, 1.165) is 15.6 Å². The van der Waals surface area contributed by atoms with Gasteiger partial charge >= 0.3 is 5.97 Å². The summed E-state index contributed by atoms with van der Waals surface area (Å²) in [6.07, 6.45) is 1.08. The van der Waals surface area contributed by atoms with Crippen LogP contribution in [0.1, 0.15) is 17.5 Å². The Bertz CT molecular complexity index is 564. The molecule has 0 saturated heterocycles. The molecule has 0 aliphatic carbocycles. The lowest BCUT2D eigenvalue weighted by molar-refractivity contribution is -0.134. The quantitative estimate of drug-likeness (QED) is 0.620. The number of esters is 1. The fraction of sp³-hybridized carbons (Fsp3) is 0.188. The Balaban J connectivity index is 1.91. The van der Waals surface area contributed by atoms with Crippen molar-refractivity contribution in [2.24, 2.45) is 0 Å². The number of hydrogen-bond acceptors (Lipinski definition) is 2. The van der Waals surface area contributed by atoms with Gasteiger partial charge in [0.05, 0.1) is 4.47 Å². The lowest BCUT2D eigenvalue weighted by Crippen LogP contribution is -2.09. The van der Waals surface area contributed by atoms with Crippen LogP contribution in [0.2, 0.25) is 0 Å². The normalized spacial score (nSPS) is 10.2. The van der Waals surface area contributed by atoms with Gasteiger partial charge in [0, 0.05) is 6.42 Å². The van der Waals surface area contributed by atoms with Crippen molar-refractivity contribution in [3.63, 3.8) is 0 Å². The summed E-state index contributed by atoms with van der Waals surface area (Å²) in [4.78, 5) is 11.8. The Morgan fingerprint density at radius 3 is 2.58 bits per heavy atom. The van der Waals surface area contributed by atoms with Crippen LogP contribution in [0.25, 0.3) is 0 Å². The molecule has 19 heavy (non-hydrogen) atoms. The first-order valence-corrected chi connectivity index (χ1v) is 6.95. The third-order valence-corrected chi connectivity index (χ3v) is 3.39. The van der Waals surface area contributed by atoms with Crippen LogP contribution in [0.3, 0.4) is 0 Å². The van der Waals surface area contributed by atoms with E-state index in [1.54, 1.807) is 6.07 Å². The summed E-state index contributed by atoms with van der Waals surface area (Å²) in [6, 6.07) is 15.6.